The Kier molecular flexibility index (Phi) is 3.75. The van der Waals surface area contributed by atoms with Gasteiger partial charge < -0.3 is 10.1 Å². The first kappa shape index (κ1) is 13.4. The van der Waals surface area contributed by atoms with Gasteiger partial charge in [-0.05, 0) is 19.1 Å². The molecule has 2 rings (SSSR count). The molecule has 4 nitrogen and oxygen atoms in total. The number of carbonyl (C=O) groups is 1. The monoisotopic (exact) mass is 284 g/mol. The molecule has 100 valence electrons. The summed E-state index contributed by atoms with van der Waals surface area (Å²) in [6.07, 6.45) is 0. The molecule has 0 unspecified atom stereocenters. The summed E-state index contributed by atoms with van der Waals surface area (Å²) in [4.78, 5) is 15.9. The fraction of sp³-hybridized carbons (Fsp3) is 0.167. The molecule has 0 aliphatic rings. The molecule has 1 aromatic heterocycles. The highest BCUT2D eigenvalue weighted by Gasteiger charge is 2.15. The van der Waals surface area contributed by atoms with Gasteiger partial charge in [-0.2, -0.15) is 0 Å². The molecule has 0 fully saturated rings. The SMILES string of the molecule is COC(=O)c1sc(Nc2ccc(F)c(F)c2)nc1C. The van der Waals surface area contributed by atoms with Crippen LogP contribution in [-0.4, -0.2) is 18.1 Å². The quantitative estimate of drug-likeness (QED) is 0.879. The first-order chi connectivity index (χ1) is 9.01. The largest absolute Gasteiger partial charge is 0.465 e. The van der Waals surface area contributed by atoms with Crippen molar-refractivity contribution >= 4 is 28.1 Å². The van der Waals surface area contributed by atoms with Crippen LogP contribution >= 0.6 is 11.3 Å². The molecule has 0 spiro atoms. The zero-order chi connectivity index (χ0) is 14.0. The number of rotatable bonds is 3. The number of nitrogens with one attached hydrogen (secondary N) is 1. The lowest BCUT2D eigenvalue weighted by Crippen LogP contribution is -1.99. The number of methoxy groups -OCH3 is 1. The van der Waals surface area contributed by atoms with Crippen LogP contribution in [0, 0.1) is 18.6 Å². The molecule has 0 bridgehead atoms. The van der Waals surface area contributed by atoms with Crippen LogP contribution in [0.15, 0.2) is 18.2 Å². The van der Waals surface area contributed by atoms with Crippen molar-refractivity contribution in [3.8, 4) is 0 Å². The highest BCUT2D eigenvalue weighted by Crippen LogP contribution is 2.26. The average molecular weight is 284 g/mol. The Balaban J connectivity index is 2.24. The molecule has 0 radical (unpaired) electrons. The highest BCUT2D eigenvalue weighted by molar-refractivity contribution is 7.17. The third kappa shape index (κ3) is 2.87. The third-order valence-corrected chi connectivity index (χ3v) is 3.39. The summed E-state index contributed by atoms with van der Waals surface area (Å²) in [5, 5.41) is 3.21. The van der Waals surface area contributed by atoms with Gasteiger partial charge in [0.05, 0.1) is 12.8 Å². The van der Waals surface area contributed by atoms with Crippen LogP contribution < -0.4 is 5.32 Å². The normalized spacial score (nSPS) is 10.3. The van der Waals surface area contributed by atoms with Crippen molar-refractivity contribution in [2.75, 3.05) is 12.4 Å². The second kappa shape index (κ2) is 5.31. The van der Waals surface area contributed by atoms with Gasteiger partial charge in [-0.15, -0.1) is 0 Å². The van der Waals surface area contributed by atoms with E-state index in [0.29, 0.717) is 21.4 Å². The van der Waals surface area contributed by atoms with E-state index in [2.05, 4.69) is 15.0 Å². The van der Waals surface area contributed by atoms with Gasteiger partial charge in [0.25, 0.3) is 0 Å². The molecule has 1 aromatic carbocycles. The molecule has 2 aromatic rings. The van der Waals surface area contributed by atoms with Gasteiger partial charge in [-0.3, -0.25) is 0 Å². The Morgan fingerprint density at radius 1 is 1.37 bits per heavy atom. The fourth-order valence-electron chi connectivity index (χ4n) is 1.43. The molecule has 1 heterocycles. The van der Waals surface area contributed by atoms with Gasteiger partial charge in [-0.25, -0.2) is 18.6 Å². The number of hydrogen-bond acceptors (Lipinski definition) is 5. The van der Waals surface area contributed by atoms with Crippen LogP contribution in [0.25, 0.3) is 0 Å². The Bertz CT molecular complexity index is 628. The van der Waals surface area contributed by atoms with Gasteiger partial charge in [0.15, 0.2) is 16.8 Å². The molecule has 0 saturated heterocycles. The maximum Gasteiger partial charge on any atom is 0.350 e. The van der Waals surface area contributed by atoms with Crippen LogP contribution in [0.1, 0.15) is 15.4 Å². The molecule has 1 N–H and O–H groups in total. The van der Waals surface area contributed by atoms with Crippen molar-refractivity contribution in [2.24, 2.45) is 0 Å². The molecule has 0 atom stereocenters. The molecule has 0 saturated carbocycles. The lowest BCUT2D eigenvalue weighted by Gasteiger charge is -2.02. The van der Waals surface area contributed by atoms with E-state index in [1.54, 1.807) is 6.92 Å². The number of benzene rings is 1. The Labute approximate surface area is 112 Å². The van der Waals surface area contributed by atoms with E-state index in [0.717, 1.165) is 23.5 Å². The van der Waals surface area contributed by atoms with Crippen molar-refractivity contribution in [1.29, 1.82) is 0 Å². The predicted molar refractivity (Wildman–Crippen MR) is 67.8 cm³/mol. The Hall–Kier alpha value is -2.02. The number of esters is 1. The van der Waals surface area contributed by atoms with Gasteiger partial charge in [0.2, 0.25) is 0 Å². The lowest BCUT2D eigenvalue weighted by molar-refractivity contribution is 0.0605. The standard InChI is InChI=1S/C12H10F2N2O2S/c1-6-10(11(17)18-2)19-12(15-6)16-7-3-4-8(13)9(14)5-7/h3-5H,1-2H3,(H,15,16). The van der Waals surface area contributed by atoms with E-state index in [9.17, 15) is 13.6 Å². The van der Waals surface area contributed by atoms with E-state index in [1.807, 2.05) is 0 Å². The number of thiazole rings is 1. The number of aryl methyl sites for hydroxylation is 1. The minimum Gasteiger partial charge on any atom is -0.465 e. The molecule has 0 amide bonds. The number of halogens is 2. The van der Waals surface area contributed by atoms with Crippen molar-refractivity contribution in [3.05, 3.63) is 40.4 Å². The summed E-state index contributed by atoms with van der Waals surface area (Å²) in [7, 11) is 1.28. The first-order valence-electron chi connectivity index (χ1n) is 5.29. The average Bonchev–Trinajstić information content (AvgIpc) is 2.74. The van der Waals surface area contributed by atoms with E-state index < -0.39 is 17.6 Å². The minimum absolute atomic E-state index is 0.351. The summed E-state index contributed by atoms with van der Waals surface area (Å²) in [6.45, 7) is 1.67. The zero-order valence-corrected chi connectivity index (χ0v) is 11.0. The van der Waals surface area contributed by atoms with Gasteiger partial charge in [-0.1, -0.05) is 11.3 Å². The van der Waals surface area contributed by atoms with Crippen molar-refractivity contribution in [3.63, 3.8) is 0 Å². The molecule has 0 aliphatic heterocycles. The van der Waals surface area contributed by atoms with Gasteiger partial charge >= 0.3 is 5.97 Å². The van der Waals surface area contributed by atoms with Crippen molar-refractivity contribution < 1.29 is 18.3 Å². The van der Waals surface area contributed by atoms with Crippen LogP contribution in [-0.2, 0) is 4.74 Å². The summed E-state index contributed by atoms with van der Waals surface area (Å²) in [5.41, 5.74) is 0.867. The van der Waals surface area contributed by atoms with E-state index >= 15 is 0 Å². The fourth-order valence-corrected chi connectivity index (χ4v) is 2.33. The number of aromatic nitrogens is 1. The maximum atomic E-state index is 13.0. The molecule has 0 aliphatic carbocycles. The van der Waals surface area contributed by atoms with Gasteiger partial charge in [0.1, 0.15) is 4.88 Å². The highest BCUT2D eigenvalue weighted by atomic mass is 32.1. The summed E-state index contributed by atoms with van der Waals surface area (Å²) in [5.74, 6) is -2.35. The molecular weight excluding hydrogens is 274 g/mol. The number of hydrogen-bond donors (Lipinski definition) is 1. The van der Waals surface area contributed by atoms with E-state index in [-0.39, 0.29) is 0 Å². The number of carbonyl (C=O) groups excluding carboxylic acids is 1. The van der Waals surface area contributed by atoms with Crippen molar-refractivity contribution in [1.82, 2.24) is 4.98 Å². The number of ether oxygens (including phenoxy) is 1. The van der Waals surface area contributed by atoms with Crippen molar-refractivity contribution in [2.45, 2.75) is 6.92 Å². The van der Waals surface area contributed by atoms with Crippen LogP contribution in [0.4, 0.5) is 19.6 Å². The summed E-state index contributed by atoms with van der Waals surface area (Å²) >= 11 is 1.08. The minimum atomic E-state index is -0.952. The zero-order valence-electron chi connectivity index (χ0n) is 10.2. The topological polar surface area (TPSA) is 51.2 Å². The van der Waals surface area contributed by atoms with Crippen LogP contribution in [0.5, 0.6) is 0 Å². The first-order valence-corrected chi connectivity index (χ1v) is 6.10. The third-order valence-electron chi connectivity index (χ3n) is 2.34. The maximum absolute atomic E-state index is 13.0. The van der Waals surface area contributed by atoms with E-state index in [1.165, 1.54) is 13.2 Å². The Morgan fingerprint density at radius 2 is 2.11 bits per heavy atom. The lowest BCUT2D eigenvalue weighted by atomic mass is 10.3. The smallest absolute Gasteiger partial charge is 0.350 e. The van der Waals surface area contributed by atoms with Gasteiger partial charge in [0, 0.05) is 11.8 Å². The molecule has 19 heavy (non-hydrogen) atoms. The Morgan fingerprint density at radius 3 is 2.74 bits per heavy atom. The molecule has 7 heteroatoms. The van der Waals surface area contributed by atoms with E-state index in [4.69, 9.17) is 0 Å². The summed E-state index contributed by atoms with van der Waals surface area (Å²) < 4.78 is 30.4. The number of anilines is 2. The second-order valence-electron chi connectivity index (χ2n) is 3.68. The summed E-state index contributed by atoms with van der Waals surface area (Å²) in [6, 6.07) is 3.41. The second-order valence-corrected chi connectivity index (χ2v) is 4.68. The van der Waals surface area contributed by atoms with Crippen LogP contribution in [0.2, 0.25) is 0 Å². The molecular formula is C12H10F2N2O2S. The predicted octanol–water partition coefficient (Wildman–Crippen LogP) is 3.26. The number of nitrogens with zero attached hydrogens (tertiary/aromatic N) is 1. The van der Waals surface area contributed by atoms with Crippen LogP contribution in [0.3, 0.4) is 0 Å².